The van der Waals surface area contributed by atoms with E-state index in [4.69, 9.17) is 5.73 Å². The van der Waals surface area contributed by atoms with E-state index >= 15 is 0 Å². The molecule has 1 heterocycles. The summed E-state index contributed by atoms with van der Waals surface area (Å²) in [6, 6.07) is 10.5. The van der Waals surface area contributed by atoms with E-state index in [9.17, 15) is 0 Å². The fourth-order valence-electron chi connectivity index (χ4n) is 2.36. The molecular formula is C18H23IN2. The predicted molar refractivity (Wildman–Crippen MR) is 86.0 cm³/mol. The maximum atomic E-state index is 5.87. The molecule has 0 aliphatic heterocycles. The number of nitrogens with zero attached hydrogens (tertiary/aromatic N) is 1. The number of nitrogen functional groups attached to an aromatic ring is 1. The zero-order valence-electron chi connectivity index (χ0n) is 12.9. The summed E-state index contributed by atoms with van der Waals surface area (Å²) in [4.78, 5) is 0. The summed E-state index contributed by atoms with van der Waals surface area (Å²) in [5.74, 6) is 0. The molecule has 0 radical (unpaired) electrons. The molecule has 0 atom stereocenters. The zero-order chi connectivity index (χ0) is 14.5. The number of anilines is 1. The van der Waals surface area contributed by atoms with Crippen molar-refractivity contribution in [3.63, 3.8) is 0 Å². The Kier molecular flexibility index (Phi) is 6.89. The standard InChI is InChI=1S/C18H22N2.HI/c1-4-14(16-8-10-20(3)11-9-16)12-17-6-7-18(19)13-15(17)5-2;/h6-13,19H,4-5H2,1-3H3;1H. The van der Waals surface area contributed by atoms with E-state index in [0.717, 1.165) is 18.5 Å². The first-order chi connectivity index (χ1) is 9.63. The van der Waals surface area contributed by atoms with Gasteiger partial charge in [-0.2, -0.15) is 0 Å². The van der Waals surface area contributed by atoms with Crippen LogP contribution in [0.2, 0.25) is 0 Å². The van der Waals surface area contributed by atoms with Gasteiger partial charge in [0, 0.05) is 17.8 Å². The second-order valence-electron chi connectivity index (χ2n) is 5.09. The van der Waals surface area contributed by atoms with Gasteiger partial charge < -0.3 is 29.7 Å². The molecule has 1 aromatic carbocycles. The third-order valence-electron chi connectivity index (χ3n) is 3.61. The number of rotatable bonds is 4. The van der Waals surface area contributed by atoms with E-state index < -0.39 is 0 Å². The predicted octanol–water partition coefficient (Wildman–Crippen LogP) is 0.610. The van der Waals surface area contributed by atoms with Gasteiger partial charge >= 0.3 is 0 Å². The Morgan fingerprint density at radius 3 is 2.38 bits per heavy atom. The molecule has 0 unspecified atom stereocenters. The van der Waals surface area contributed by atoms with Gasteiger partial charge in [0.1, 0.15) is 7.05 Å². The highest BCUT2D eigenvalue weighted by atomic mass is 127. The van der Waals surface area contributed by atoms with Gasteiger partial charge in [-0.15, -0.1) is 0 Å². The topological polar surface area (TPSA) is 29.9 Å². The fourth-order valence-corrected chi connectivity index (χ4v) is 2.36. The first-order valence-electron chi connectivity index (χ1n) is 7.18. The number of allylic oxidation sites excluding steroid dienone is 1. The number of benzene rings is 1. The Bertz CT molecular complexity index is 616. The molecule has 3 heteroatoms. The quantitative estimate of drug-likeness (QED) is 0.460. The summed E-state index contributed by atoms with van der Waals surface area (Å²) in [6.45, 7) is 4.36. The van der Waals surface area contributed by atoms with Gasteiger partial charge in [0.25, 0.3) is 0 Å². The Labute approximate surface area is 144 Å². The summed E-state index contributed by atoms with van der Waals surface area (Å²) in [5.41, 5.74) is 11.9. The minimum Gasteiger partial charge on any atom is -1.00 e. The van der Waals surface area contributed by atoms with Gasteiger partial charge in [-0.1, -0.05) is 26.0 Å². The summed E-state index contributed by atoms with van der Waals surface area (Å²) < 4.78 is 2.05. The highest BCUT2D eigenvalue weighted by Crippen LogP contribution is 2.24. The van der Waals surface area contributed by atoms with Crippen LogP contribution in [0.25, 0.3) is 11.6 Å². The largest absolute Gasteiger partial charge is 1.00 e. The number of halogens is 1. The van der Waals surface area contributed by atoms with Crippen molar-refractivity contribution in [1.29, 1.82) is 0 Å². The summed E-state index contributed by atoms with van der Waals surface area (Å²) in [5, 5.41) is 0. The van der Waals surface area contributed by atoms with Crippen LogP contribution in [0.4, 0.5) is 5.69 Å². The van der Waals surface area contributed by atoms with E-state index in [2.05, 4.69) is 61.1 Å². The number of aryl methyl sites for hydroxylation is 2. The molecule has 112 valence electrons. The van der Waals surface area contributed by atoms with E-state index in [1.165, 1.54) is 22.3 Å². The molecule has 0 bridgehead atoms. The Balaban J connectivity index is 0.00000220. The van der Waals surface area contributed by atoms with Gasteiger partial charge in [0.05, 0.1) is 0 Å². The van der Waals surface area contributed by atoms with Crippen LogP contribution in [0, 0.1) is 0 Å². The van der Waals surface area contributed by atoms with Crippen LogP contribution in [-0.4, -0.2) is 0 Å². The average molecular weight is 394 g/mol. The van der Waals surface area contributed by atoms with Crippen molar-refractivity contribution in [2.45, 2.75) is 26.7 Å². The third-order valence-corrected chi connectivity index (χ3v) is 3.61. The second-order valence-corrected chi connectivity index (χ2v) is 5.09. The molecule has 0 spiro atoms. The molecule has 0 fully saturated rings. The average Bonchev–Trinajstić information content (AvgIpc) is 2.47. The van der Waals surface area contributed by atoms with Crippen molar-refractivity contribution in [2.75, 3.05) is 5.73 Å². The maximum Gasteiger partial charge on any atom is 0.169 e. The lowest BCUT2D eigenvalue weighted by Gasteiger charge is -2.08. The van der Waals surface area contributed by atoms with Crippen LogP contribution >= 0.6 is 0 Å². The summed E-state index contributed by atoms with van der Waals surface area (Å²) in [7, 11) is 2.04. The van der Waals surface area contributed by atoms with Crippen molar-refractivity contribution in [2.24, 2.45) is 7.05 Å². The number of hydrogen-bond donors (Lipinski definition) is 1. The lowest BCUT2D eigenvalue weighted by molar-refractivity contribution is -0.671. The van der Waals surface area contributed by atoms with Crippen molar-refractivity contribution in [3.05, 3.63) is 59.4 Å². The van der Waals surface area contributed by atoms with Gasteiger partial charge in [0.2, 0.25) is 0 Å². The number of nitrogens with two attached hydrogens (primary N) is 1. The first-order valence-corrected chi connectivity index (χ1v) is 7.18. The van der Waals surface area contributed by atoms with Gasteiger partial charge in [-0.25, -0.2) is 4.57 Å². The summed E-state index contributed by atoms with van der Waals surface area (Å²) >= 11 is 0. The monoisotopic (exact) mass is 394 g/mol. The van der Waals surface area contributed by atoms with Crippen LogP contribution in [0.5, 0.6) is 0 Å². The van der Waals surface area contributed by atoms with Crippen molar-refractivity contribution in [3.8, 4) is 0 Å². The second kappa shape index (κ2) is 8.17. The lowest BCUT2D eigenvalue weighted by atomic mass is 9.97. The molecule has 2 rings (SSSR count). The van der Waals surface area contributed by atoms with E-state index in [1.54, 1.807) is 0 Å². The first kappa shape index (κ1) is 17.7. The Morgan fingerprint density at radius 2 is 1.81 bits per heavy atom. The van der Waals surface area contributed by atoms with Crippen LogP contribution in [0.3, 0.4) is 0 Å². The molecule has 2 nitrogen and oxygen atoms in total. The molecule has 21 heavy (non-hydrogen) atoms. The SMILES string of the molecule is CCC(=Cc1ccc(N)cc1CC)c1cc[n+](C)cc1.[I-]. The van der Waals surface area contributed by atoms with E-state index in [-0.39, 0.29) is 24.0 Å². The van der Waals surface area contributed by atoms with Gasteiger partial charge in [0.15, 0.2) is 12.4 Å². The van der Waals surface area contributed by atoms with E-state index in [1.807, 2.05) is 13.1 Å². The molecule has 0 aliphatic rings. The Hall–Kier alpha value is -1.36. The zero-order valence-corrected chi connectivity index (χ0v) is 15.1. The number of pyridine rings is 1. The molecule has 0 aliphatic carbocycles. The van der Waals surface area contributed by atoms with E-state index in [0.29, 0.717) is 0 Å². The molecule has 0 saturated carbocycles. The molecule has 0 saturated heterocycles. The number of hydrogen-bond acceptors (Lipinski definition) is 1. The molecular weight excluding hydrogens is 371 g/mol. The normalized spacial score (nSPS) is 11.1. The minimum atomic E-state index is 0. The van der Waals surface area contributed by atoms with Gasteiger partial charge in [-0.05, 0) is 47.2 Å². The van der Waals surface area contributed by atoms with Crippen LogP contribution in [-0.2, 0) is 13.5 Å². The fraction of sp³-hybridized carbons (Fsp3) is 0.278. The minimum absolute atomic E-state index is 0. The van der Waals surface area contributed by atoms with Gasteiger partial charge in [-0.3, -0.25) is 0 Å². The van der Waals surface area contributed by atoms with Crippen LogP contribution in [0.15, 0.2) is 42.7 Å². The van der Waals surface area contributed by atoms with Crippen molar-refractivity contribution in [1.82, 2.24) is 0 Å². The van der Waals surface area contributed by atoms with Crippen LogP contribution < -0.4 is 34.3 Å². The smallest absolute Gasteiger partial charge is 0.169 e. The molecule has 2 aromatic rings. The Morgan fingerprint density at radius 1 is 1.14 bits per heavy atom. The molecule has 0 amide bonds. The van der Waals surface area contributed by atoms with Crippen molar-refractivity contribution < 1.29 is 28.5 Å². The lowest BCUT2D eigenvalue weighted by Crippen LogP contribution is -3.00. The summed E-state index contributed by atoms with van der Waals surface area (Å²) in [6.07, 6.45) is 8.47. The number of aromatic nitrogens is 1. The van der Waals surface area contributed by atoms with Crippen molar-refractivity contribution >= 4 is 17.3 Å². The van der Waals surface area contributed by atoms with Crippen LogP contribution in [0.1, 0.15) is 37.0 Å². The highest BCUT2D eigenvalue weighted by molar-refractivity contribution is 5.82. The molecule has 2 N–H and O–H groups in total. The maximum absolute atomic E-state index is 5.87. The molecule has 1 aromatic heterocycles. The highest BCUT2D eigenvalue weighted by Gasteiger charge is 2.04. The third kappa shape index (κ3) is 4.56.